The molecular formula is C22H23ClN6O4. The van der Waals surface area contributed by atoms with Crippen LogP contribution < -0.4 is 10.6 Å². The van der Waals surface area contributed by atoms with Crippen molar-refractivity contribution >= 4 is 46.2 Å². The van der Waals surface area contributed by atoms with Gasteiger partial charge in [-0.3, -0.25) is 4.79 Å². The highest BCUT2D eigenvalue weighted by Crippen LogP contribution is 2.22. The first kappa shape index (κ1) is 22.5. The number of hydrogen-bond donors (Lipinski definition) is 2. The van der Waals surface area contributed by atoms with Gasteiger partial charge in [-0.25, -0.2) is 14.3 Å². The molecule has 3 aromatic rings. The Bertz CT molecular complexity index is 1200. The molecule has 1 aliphatic heterocycles. The van der Waals surface area contributed by atoms with E-state index in [4.69, 9.17) is 16.3 Å². The zero-order chi connectivity index (χ0) is 23.4. The quantitative estimate of drug-likeness (QED) is 0.535. The number of benzene rings is 2. The third-order valence-corrected chi connectivity index (χ3v) is 5.63. The topological polar surface area (TPSA) is 118 Å². The van der Waals surface area contributed by atoms with Gasteiger partial charge in [-0.1, -0.05) is 16.8 Å². The van der Waals surface area contributed by atoms with Gasteiger partial charge in [0, 0.05) is 30.2 Å². The molecule has 1 fully saturated rings. The lowest BCUT2D eigenvalue weighted by Crippen LogP contribution is -2.32. The summed E-state index contributed by atoms with van der Waals surface area (Å²) in [6, 6.07) is 9.31. The lowest BCUT2D eigenvalue weighted by Gasteiger charge is -2.15. The summed E-state index contributed by atoms with van der Waals surface area (Å²) < 4.78 is 6.38. The highest BCUT2D eigenvalue weighted by atomic mass is 35.5. The van der Waals surface area contributed by atoms with E-state index < -0.39 is 12.0 Å². The molecule has 0 radical (unpaired) electrons. The lowest BCUT2D eigenvalue weighted by atomic mass is 10.1. The minimum Gasteiger partial charge on any atom is -0.465 e. The van der Waals surface area contributed by atoms with Crippen LogP contribution in [0.15, 0.2) is 36.4 Å². The van der Waals surface area contributed by atoms with E-state index >= 15 is 0 Å². The van der Waals surface area contributed by atoms with Crippen molar-refractivity contribution in [2.45, 2.75) is 19.4 Å². The minimum atomic E-state index is -0.585. The summed E-state index contributed by atoms with van der Waals surface area (Å²) in [6.45, 7) is 2.19. The number of urea groups is 1. The summed E-state index contributed by atoms with van der Waals surface area (Å²) >= 11 is 5.98. The largest absolute Gasteiger partial charge is 0.465 e. The SMILES string of the molecule is COC(=O)c1ccc(Cl)cc1NC(=O)NCCn1nnc2cc(C(=O)N3CCCC3)ccc21. The fraction of sp³-hybridized carbons (Fsp3) is 0.318. The van der Waals surface area contributed by atoms with Crippen molar-refractivity contribution in [2.24, 2.45) is 0 Å². The average molecular weight is 471 g/mol. The van der Waals surface area contributed by atoms with E-state index in [0.717, 1.165) is 31.4 Å². The molecule has 33 heavy (non-hydrogen) atoms. The summed E-state index contributed by atoms with van der Waals surface area (Å²) in [5.74, 6) is -0.576. The van der Waals surface area contributed by atoms with E-state index in [2.05, 4.69) is 20.9 Å². The number of halogens is 1. The molecule has 1 aliphatic rings. The van der Waals surface area contributed by atoms with Crippen LogP contribution in [-0.4, -0.2) is 64.5 Å². The summed E-state index contributed by atoms with van der Waals surface area (Å²) in [5, 5.41) is 14.0. The Morgan fingerprint density at radius 2 is 1.91 bits per heavy atom. The Hall–Kier alpha value is -3.66. The van der Waals surface area contributed by atoms with Crippen LogP contribution in [0, 0.1) is 0 Å². The Balaban J connectivity index is 1.36. The number of nitrogens with one attached hydrogen (secondary N) is 2. The van der Waals surface area contributed by atoms with Gasteiger partial charge in [0.25, 0.3) is 5.91 Å². The number of carbonyl (C=O) groups excluding carboxylic acids is 3. The second-order valence-electron chi connectivity index (χ2n) is 7.58. The Kier molecular flexibility index (Phi) is 6.74. The summed E-state index contributed by atoms with van der Waals surface area (Å²) in [5.41, 5.74) is 2.41. The predicted molar refractivity (Wildman–Crippen MR) is 122 cm³/mol. The molecule has 2 aromatic carbocycles. The molecule has 2 heterocycles. The monoisotopic (exact) mass is 470 g/mol. The van der Waals surface area contributed by atoms with Crippen LogP contribution in [0.3, 0.4) is 0 Å². The first-order chi connectivity index (χ1) is 16.0. The predicted octanol–water partition coefficient (Wildman–Crippen LogP) is 2.93. The number of rotatable bonds is 6. The van der Waals surface area contributed by atoms with Gasteiger partial charge in [0.05, 0.1) is 30.4 Å². The van der Waals surface area contributed by atoms with Crippen molar-refractivity contribution in [1.82, 2.24) is 25.2 Å². The van der Waals surface area contributed by atoms with Crippen LogP contribution in [-0.2, 0) is 11.3 Å². The van der Waals surface area contributed by atoms with Crippen LogP contribution in [0.1, 0.15) is 33.6 Å². The van der Waals surface area contributed by atoms with Crippen molar-refractivity contribution < 1.29 is 19.1 Å². The van der Waals surface area contributed by atoms with Crippen LogP contribution in [0.2, 0.25) is 5.02 Å². The molecule has 3 amide bonds. The number of methoxy groups -OCH3 is 1. The van der Waals surface area contributed by atoms with Crippen LogP contribution >= 0.6 is 11.6 Å². The molecule has 10 nitrogen and oxygen atoms in total. The number of esters is 1. The van der Waals surface area contributed by atoms with Gasteiger partial charge >= 0.3 is 12.0 Å². The number of anilines is 1. The van der Waals surface area contributed by atoms with Gasteiger partial charge in [0.15, 0.2) is 0 Å². The fourth-order valence-corrected chi connectivity index (χ4v) is 3.89. The Morgan fingerprint density at radius 3 is 2.67 bits per heavy atom. The van der Waals surface area contributed by atoms with Gasteiger partial charge in [-0.2, -0.15) is 0 Å². The maximum absolute atomic E-state index is 12.6. The Labute approximate surface area is 194 Å². The van der Waals surface area contributed by atoms with Crippen molar-refractivity contribution in [2.75, 3.05) is 32.1 Å². The van der Waals surface area contributed by atoms with E-state index in [9.17, 15) is 14.4 Å². The van der Waals surface area contributed by atoms with E-state index in [-0.39, 0.29) is 23.7 Å². The maximum atomic E-state index is 12.6. The number of carbonyl (C=O) groups is 3. The van der Waals surface area contributed by atoms with E-state index in [0.29, 0.717) is 22.6 Å². The number of likely N-dealkylation sites (tertiary alicyclic amines) is 1. The minimum absolute atomic E-state index is 0.00891. The van der Waals surface area contributed by atoms with Crippen LogP contribution in [0.25, 0.3) is 11.0 Å². The van der Waals surface area contributed by atoms with Crippen molar-refractivity contribution in [3.05, 3.63) is 52.5 Å². The molecule has 172 valence electrons. The molecule has 0 unspecified atom stereocenters. The molecule has 1 aromatic heterocycles. The lowest BCUT2D eigenvalue weighted by molar-refractivity contribution is 0.0601. The molecule has 11 heteroatoms. The van der Waals surface area contributed by atoms with Gasteiger partial charge < -0.3 is 20.3 Å². The molecule has 4 rings (SSSR count). The van der Waals surface area contributed by atoms with Gasteiger partial charge in [-0.05, 0) is 49.2 Å². The van der Waals surface area contributed by atoms with Crippen LogP contribution in [0.4, 0.5) is 10.5 Å². The number of aromatic nitrogens is 3. The number of nitrogens with zero attached hydrogens (tertiary/aromatic N) is 4. The summed E-state index contributed by atoms with van der Waals surface area (Å²) in [4.78, 5) is 38.6. The smallest absolute Gasteiger partial charge is 0.339 e. The number of amides is 3. The average Bonchev–Trinajstić information content (AvgIpc) is 3.48. The first-order valence-corrected chi connectivity index (χ1v) is 10.9. The number of fused-ring (bicyclic) bond motifs is 1. The van der Waals surface area contributed by atoms with E-state index in [1.807, 2.05) is 11.0 Å². The molecule has 0 aliphatic carbocycles. The van der Waals surface area contributed by atoms with Gasteiger partial charge in [0.2, 0.25) is 0 Å². The van der Waals surface area contributed by atoms with Crippen LogP contribution in [0.5, 0.6) is 0 Å². The highest BCUT2D eigenvalue weighted by Gasteiger charge is 2.20. The summed E-state index contributed by atoms with van der Waals surface area (Å²) in [6.07, 6.45) is 2.07. The van der Waals surface area contributed by atoms with Crippen molar-refractivity contribution in [3.63, 3.8) is 0 Å². The maximum Gasteiger partial charge on any atom is 0.339 e. The Morgan fingerprint density at radius 1 is 1.12 bits per heavy atom. The normalized spacial score (nSPS) is 13.2. The molecule has 0 saturated carbocycles. The fourth-order valence-electron chi connectivity index (χ4n) is 3.72. The third-order valence-electron chi connectivity index (χ3n) is 5.40. The second-order valence-corrected chi connectivity index (χ2v) is 8.01. The van der Waals surface area contributed by atoms with Gasteiger partial charge in [0.1, 0.15) is 5.52 Å². The molecule has 2 N–H and O–H groups in total. The number of hydrogen-bond acceptors (Lipinski definition) is 6. The van der Waals surface area contributed by atoms with E-state index in [1.54, 1.807) is 16.8 Å². The van der Waals surface area contributed by atoms with Crippen molar-refractivity contribution in [1.29, 1.82) is 0 Å². The first-order valence-electron chi connectivity index (χ1n) is 10.5. The zero-order valence-electron chi connectivity index (χ0n) is 18.0. The summed E-state index contributed by atoms with van der Waals surface area (Å²) in [7, 11) is 1.26. The number of ether oxygens (including phenoxy) is 1. The zero-order valence-corrected chi connectivity index (χ0v) is 18.8. The van der Waals surface area contributed by atoms with Crippen molar-refractivity contribution in [3.8, 4) is 0 Å². The molecular weight excluding hydrogens is 448 g/mol. The standard InChI is InChI=1S/C22H23ClN6O4/c1-33-21(31)16-6-5-15(23)13-17(16)25-22(32)24-8-11-29-19-7-4-14(12-18(19)26-27-29)20(30)28-9-2-3-10-28/h4-7,12-13H,2-3,8-11H2,1H3,(H2,24,25,32). The highest BCUT2D eigenvalue weighted by molar-refractivity contribution is 6.31. The third kappa shape index (κ3) is 5.06. The molecule has 0 atom stereocenters. The molecule has 1 saturated heterocycles. The van der Waals surface area contributed by atoms with Gasteiger partial charge in [-0.15, -0.1) is 5.10 Å². The molecule has 0 spiro atoms. The van der Waals surface area contributed by atoms with E-state index in [1.165, 1.54) is 25.3 Å². The molecule has 0 bridgehead atoms. The second kappa shape index (κ2) is 9.86.